The van der Waals surface area contributed by atoms with E-state index in [2.05, 4.69) is 45.0 Å². The highest BCUT2D eigenvalue weighted by Gasteiger charge is 2.13. The van der Waals surface area contributed by atoms with Crippen molar-refractivity contribution in [3.05, 3.63) is 47.7 Å². The Bertz CT molecular complexity index is 574. The lowest BCUT2D eigenvalue weighted by Crippen LogP contribution is -2.10. The van der Waals surface area contributed by atoms with E-state index in [9.17, 15) is 4.79 Å². The summed E-state index contributed by atoms with van der Waals surface area (Å²) in [5.74, 6) is 0.365. The summed E-state index contributed by atoms with van der Waals surface area (Å²) < 4.78 is 5.46. The first kappa shape index (κ1) is 13.9. The molecule has 0 aliphatic heterocycles. The molecule has 0 fully saturated rings. The minimum atomic E-state index is -0.0464. The number of rotatable bonds is 3. The third-order valence-electron chi connectivity index (χ3n) is 2.87. The lowest BCUT2D eigenvalue weighted by atomic mass is 9.87. The molecule has 1 heterocycles. The molecule has 2 aromatic rings. The highest BCUT2D eigenvalue weighted by atomic mass is 32.2. The number of carbonyl (C=O) groups is 1. The standard InChI is InChI=1S/C16H18O2S/c1-11(17)14-9-10-15(18-14)19-13-7-5-12(6-8-13)16(2,3)4/h5-10H,1-4H3. The molecule has 0 spiro atoms. The minimum absolute atomic E-state index is 0.0464. The van der Waals surface area contributed by atoms with E-state index >= 15 is 0 Å². The van der Waals surface area contributed by atoms with Crippen molar-refractivity contribution in [2.45, 2.75) is 43.1 Å². The van der Waals surface area contributed by atoms with E-state index in [1.807, 2.05) is 6.07 Å². The maximum Gasteiger partial charge on any atom is 0.194 e. The second-order valence-corrected chi connectivity index (χ2v) is 6.63. The largest absolute Gasteiger partial charge is 0.446 e. The Hall–Kier alpha value is -1.48. The van der Waals surface area contributed by atoms with Crippen LogP contribution in [0.25, 0.3) is 0 Å². The van der Waals surface area contributed by atoms with Crippen molar-refractivity contribution in [2.75, 3.05) is 0 Å². The van der Waals surface area contributed by atoms with Crippen LogP contribution < -0.4 is 0 Å². The first-order chi connectivity index (χ1) is 8.86. The van der Waals surface area contributed by atoms with Crippen LogP contribution in [0.1, 0.15) is 43.8 Å². The van der Waals surface area contributed by atoms with Crippen molar-refractivity contribution >= 4 is 17.5 Å². The second-order valence-electron chi connectivity index (χ2n) is 5.55. The number of benzene rings is 1. The van der Waals surface area contributed by atoms with Gasteiger partial charge in [0.2, 0.25) is 0 Å². The Morgan fingerprint density at radius 3 is 2.16 bits per heavy atom. The van der Waals surface area contributed by atoms with Gasteiger partial charge >= 0.3 is 0 Å². The van der Waals surface area contributed by atoms with E-state index in [0.717, 1.165) is 9.99 Å². The summed E-state index contributed by atoms with van der Waals surface area (Å²) in [6, 6.07) is 12.0. The number of carbonyl (C=O) groups excluding carboxylic acids is 1. The molecule has 2 rings (SSSR count). The molecule has 1 aromatic carbocycles. The van der Waals surface area contributed by atoms with E-state index in [0.29, 0.717) is 5.76 Å². The molecular formula is C16H18O2S. The first-order valence-electron chi connectivity index (χ1n) is 6.25. The molecule has 3 heteroatoms. The van der Waals surface area contributed by atoms with Gasteiger partial charge in [0, 0.05) is 11.8 Å². The molecule has 100 valence electrons. The predicted molar refractivity (Wildman–Crippen MR) is 78.0 cm³/mol. The van der Waals surface area contributed by atoms with Crippen molar-refractivity contribution in [3.63, 3.8) is 0 Å². The van der Waals surface area contributed by atoms with E-state index in [-0.39, 0.29) is 11.2 Å². The number of hydrogen-bond acceptors (Lipinski definition) is 3. The SMILES string of the molecule is CC(=O)c1ccc(Sc2ccc(C(C)(C)C)cc2)o1. The van der Waals surface area contributed by atoms with Gasteiger partial charge in [-0.1, -0.05) is 44.7 Å². The average Bonchev–Trinajstić information content (AvgIpc) is 2.77. The number of hydrogen-bond donors (Lipinski definition) is 0. The summed E-state index contributed by atoms with van der Waals surface area (Å²) in [5, 5.41) is 0.744. The molecule has 0 saturated heterocycles. The van der Waals surface area contributed by atoms with Crippen LogP contribution in [0.3, 0.4) is 0 Å². The molecule has 19 heavy (non-hydrogen) atoms. The smallest absolute Gasteiger partial charge is 0.194 e. The van der Waals surface area contributed by atoms with Gasteiger partial charge in [0.1, 0.15) is 0 Å². The Labute approximate surface area is 118 Å². The van der Waals surface area contributed by atoms with Crippen LogP contribution in [0.2, 0.25) is 0 Å². The second kappa shape index (κ2) is 5.25. The van der Waals surface area contributed by atoms with Gasteiger partial charge in [0.15, 0.2) is 16.6 Å². The lowest BCUT2D eigenvalue weighted by Gasteiger charge is -2.18. The summed E-state index contributed by atoms with van der Waals surface area (Å²) in [7, 11) is 0. The zero-order chi connectivity index (χ0) is 14.0. The predicted octanol–water partition coefficient (Wildman–Crippen LogP) is 4.93. The fourth-order valence-electron chi connectivity index (χ4n) is 1.70. The molecule has 0 N–H and O–H groups in total. The molecule has 0 radical (unpaired) electrons. The summed E-state index contributed by atoms with van der Waals surface area (Å²) in [6.45, 7) is 8.09. The van der Waals surface area contributed by atoms with Crippen LogP contribution in [0.5, 0.6) is 0 Å². The molecule has 0 saturated carbocycles. The molecule has 2 nitrogen and oxygen atoms in total. The fraction of sp³-hybridized carbons (Fsp3) is 0.312. The number of Topliss-reactive ketones (excluding diaryl/α,β-unsaturated/α-hetero) is 1. The molecule has 0 bridgehead atoms. The fourth-order valence-corrected chi connectivity index (χ4v) is 2.48. The zero-order valence-electron chi connectivity index (χ0n) is 11.7. The van der Waals surface area contributed by atoms with Crippen LogP contribution >= 0.6 is 11.8 Å². The molecule has 0 aliphatic carbocycles. The van der Waals surface area contributed by atoms with Gasteiger partial charge in [-0.15, -0.1) is 0 Å². The minimum Gasteiger partial charge on any atom is -0.446 e. The van der Waals surface area contributed by atoms with E-state index in [1.54, 1.807) is 6.07 Å². The van der Waals surface area contributed by atoms with Gasteiger partial charge in [-0.2, -0.15) is 0 Å². The molecular weight excluding hydrogens is 256 g/mol. The molecule has 0 atom stereocenters. The quantitative estimate of drug-likeness (QED) is 0.743. The summed E-state index contributed by atoms with van der Waals surface area (Å²) in [5.41, 5.74) is 1.47. The van der Waals surface area contributed by atoms with Gasteiger partial charge in [-0.05, 0) is 35.2 Å². The topological polar surface area (TPSA) is 30.2 Å². The van der Waals surface area contributed by atoms with Crippen LogP contribution in [0, 0.1) is 0 Å². The highest BCUT2D eigenvalue weighted by Crippen LogP contribution is 2.31. The third kappa shape index (κ3) is 3.51. The molecule has 0 aliphatic rings. The van der Waals surface area contributed by atoms with Crippen molar-refractivity contribution in [1.29, 1.82) is 0 Å². The van der Waals surface area contributed by atoms with Crippen molar-refractivity contribution in [1.82, 2.24) is 0 Å². The number of furan rings is 1. The Morgan fingerprint density at radius 2 is 1.68 bits per heavy atom. The Kier molecular flexibility index (Phi) is 3.85. The summed E-state index contributed by atoms with van der Waals surface area (Å²) in [4.78, 5) is 12.3. The third-order valence-corrected chi connectivity index (χ3v) is 3.80. The van der Waals surface area contributed by atoms with Crippen LogP contribution in [-0.4, -0.2) is 5.78 Å². The van der Waals surface area contributed by atoms with E-state index < -0.39 is 0 Å². The van der Waals surface area contributed by atoms with Gasteiger partial charge in [-0.3, -0.25) is 4.79 Å². The monoisotopic (exact) mass is 274 g/mol. The zero-order valence-corrected chi connectivity index (χ0v) is 12.5. The highest BCUT2D eigenvalue weighted by molar-refractivity contribution is 7.99. The Balaban J connectivity index is 2.13. The lowest BCUT2D eigenvalue weighted by molar-refractivity contribution is 0.0982. The molecule has 0 amide bonds. The van der Waals surface area contributed by atoms with E-state index in [1.165, 1.54) is 24.2 Å². The average molecular weight is 274 g/mol. The maximum atomic E-state index is 11.2. The molecule has 1 aromatic heterocycles. The maximum absolute atomic E-state index is 11.2. The van der Waals surface area contributed by atoms with Crippen LogP contribution in [-0.2, 0) is 5.41 Å². The Morgan fingerprint density at radius 1 is 1.05 bits per heavy atom. The van der Waals surface area contributed by atoms with Crippen molar-refractivity contribution in [2.24, 2.45) is 0 Å². The van der Waals surface area contributed by atoms with Gasteiger partial charge < -0.3 is 4.42 Å². The normalized spacial score (nSPS) is 11.6. The summed E-state index contributed by atoms with van der Waals surface area (Å²) >= 11 is 1.53. The first-order valence-corrected chi connectivity index (χ1v) is 7.07. The summed E-state index contributed by atoms with van der Waals surface area (Å²) in [6.07, 6.45) is 0. The van der Waals surface area contributed by atoms with Gasteiger partial charge in [-0.25, -0.2) is 0 Å². The van der Waals surface area contributed by atoms with Crippen LogP contribution in [0.15, 0.2) is 50.8 Å². The van der Waals surface area contributed by atoms with Gasteiger partial charge in [0.05, 0.1) is 0 Å². The van der Waals surface area contributed by atoms with Crippen LogP contribution in [0.4, 0.5) is 0 Å². The van der Waals surface area contributed by atoms with Crippen molar-refractivity contribution < 1.29 is 9.21 Å². The van der Waals surface area contributed by atoms with Gasteiger partial charge in [0.25, 0.3) is 0 Å². The van der Waals surface area contributed by atoms with Crippen molar-refractivity contribution in [3.8, 4) is 0 Å². The number of ketones is 1. The molecule has 0 unspecified atom stereocenters. The van der Waals surface area contributed by atoms with E-state index in [4.69, 9.17) is 4.42 Å².